The summed E-state index contributed by atoms with van der Waals surface area (Å²) in [4.78, 5) is 11.5. The molecule has 3 nitrogen and oxygen atoms in total. The molecule has 0 aliphatic carbocycles. The Balaban J connectivity index is 2.69. The Morgan fingerprint density at radius 1 is 1.38 bits per heavy atom. The van der Waals surface area contributed by atoms with E-state index in [0.717, 1.165) is 0 Å². The Labute approximate surface area is 94.6 Å². The number of carbonyl (C=O) groups excluding carboxylic acids is 1. The molecule has 88 valence electrons. The van der Waals surface area contributed by atoms with Crippen LogP contribution in [0.15, 0.2) is 24.3 Å². The summed E-state index contributed by atoms with van der Waals surface area (Å²) in [5.74, 6) is -0.571. The highest BCUT2D eigenvalue weighted by Gasteiger charge is 2.17. The molecular formula is C12H16FNO2. The van der Waals surface area contributed by atoms with Crippen LogP contribution in [0.4, 0.5) is 4.39 Å². The highest BCUT2D eigenvalue weighted by molar-refractivity contribution is 5.80. The normalized spacial score (nSPS) is 14.2. The van der Waals surface area contributed by atoms with Crippen LogP contribution >= 0.6 is 0 Å². The first-order chi connectivity index (χ1) is 7.56. The molecule has 0 heterocycles. The van der Waals surface area contributed by atoms with E-state index in [2.05, 4.69) is 5.32 Å². The molecule has 0 saturated heterocycles. The first-order valence-corrected chi connectivity index (χ1v) is 5.14. The predicted octanol–water partition coefficient (Wildman–Crippen LogP) is 2.04. The maximum Gasteiger partial charge on any atom is 0.249 e. The van der Waals surface area contributed by atoms with Crippen LogP contribution in [0.3, 0.4) is 0 Å². The Hall–Kier alpha value is -1.42. The van der Waals surface area contributed by atoms with Gasteiger partial charge in [-0.3, -0.25) is 4.79 Å². The fourth-order valence-corrected chi connectivity index (χ4v) is 1.34. The lowest BCUT2D eigenvalue weighted by atomic mass is 10.1. The second-order valence-electron chi connectivity index (χ2n) is 3.63. The third-order valence-electron chi connectivity index (χ3n) is 2.45. The number of halogens is 1. The van der Waals surface area contributed by atoms with Gasteiger partial charge in [0.15, 0.2) is 0 Å². The molecule has 0 aliphatic rings. The lowest BCUT2D eigenvalue weighted by Crippen LogP contribution is -2.35. The molecule has 4 heteroatoms. The lowest BCUT2D eigenvalue weighted by molar-refractivity contribution is -0.130. The van der Waals surface area contributed by atoms with E-state index in [1.807, 2.05) is 0 Å². The van der Waals surface area contributed by atoms with E-state index >= 15 is 0 Å². The molecule has 2 atom stereocenters. The largest absolute Gasteiger partial charge is 0.372 e. The molecule has 1 aromatic rings. The Kier molecular flexibility index (Phi) is 4.43. The monoisotopic (exact) mass is 225 g/mol. The number of methoxy groups -OCH3 is 1. The van der Waals surface area contributed by atoms with E-state index in [4.69, 9.17) is 4.74 Å². The quantitative estimate of drug-likeness (QED) is 0.851. The Bertz CT molecular complexity index is 368. The van der Waals surface area contributed by atoms with Gasteiger partial charge in [-0.2, -0.15) is 0 Å². The van der Waals surface area contributed by atoms with Crippen molar-refractivity contribution >= 4 is 5.91 Å². The van der Waals surface area contributed by atoms with Crippen molar-refractivity contribution in [3.63, 3.8) is 0 Å². The smallest absolute Gasteiger partial charge is 0.249 e. The molecule has 1 rings (SSSR count). The number of hydrogen-bond donors (Lipinski definition) is 1. The molecule has 0 radical (unpaired) electrons. The van der Waals surface area contributed by atoms with Gasteiger partial charge in [-0.1, -0.05) is 18.2 Å². The summed E-state index contributed by atoms with van der Waals surface area (Å²) in [5.41, 5.74) is 0.471. The van der Waals surface area contributed by atoms with Crippen molar-refractivity contribution in [3.8, 4) is 0 Å². The van der Waals surface area contributed by atoms with Gasteiger partial charge in [-0.05, 0) is 19.9 Å². The number of carbonyl (C=O) groups is 1. The van der Waals surface area contributed by atoms with E-state index < -0.39 is 6.10 Å². The molecule has 1 amide bonds. The first kappa shape index (κ1) is 12.6. The highest BCUT2D eigenvalue weighted by Crippen LogP contribution is 2.16. The molecule has 16 heavy (non-hydrogen) atoms. The van der Waals surface area contributed by atoms with Crippen LogP contribution in [0.25, 0.3) is 0 Å². The summed E-state index contributed by atoms with van der Waals surface area (Å²) in [5, 5.41) is 2.68. The van der Waals surface area contributed by atoms with Crippen molar-refractivity contribution in [1.82, 2.24) is 5.32 Å². The molecule has 1 N–H and O–H groups in total. The average Bonchev–Trinajstić information content (AvgIpc) is 2.28. The minimum absolute atomic E-state index is 0.252. The Morgan fingerprint density at radius 2 is 2.00 bits per heavy atom. The Morgan fingerprint density at radius 3 is 2.56 bits per heavy atom. The second-order valence-corrected chi connectivity index (χ2v) is 3.63. The topological polar surface area (TPSA) is 38.3 Å². The standard InChI is InChI=1S/C12H16FNO2/c1-8(14-12(15)9(2)16-3)10-6-4-5-7-11(10)13/h4-9H,1-3H3,(H,14,15)/t8-,9-/m0/s1. The SMILES string of the molecule is CO[C@@H](C)C(=O)N[C@@H](C)c1ccccc1F. The molecule has 0 saturated carbocycles. The number of ether oxygens (including phenoxy) is 1. The summed E-state index contributed by atoms with van der Waals surface area (Å²) in [6.45, 7) is 3.38. The number of benzene rings is 1. The van der Waals surface area contributed by atoms with Crippen LogP contribution in [-0.2, 0) is 9.53 Å². The van der Waals surface area contributed by atoms with E-state index in [0.29, 0.717) is 5.56 Å². The average molecular weight is 225 g/mol. The molecule has 0 bridgehead atoms. The van der Waals surface area contributed by atoms with Crippen molar-refractivity contribution in [1.29, 1.82) is 0 Å². The van der Waals surface area contributed by atoms with Gasteiger partial charge in [0.25, 0.3) is 0 Å². The molecule has 0 aliphatic heterocycles. The number of rotatable bonds is 4. The zero-order valence-electron chi connectivity index (χ0n) is 9.66. The van der Waals surface area contributed by atoms with Gasteiger partial charge in [0.2, 0.25) is 5.91 Å². The van der Waals surface area contributed by atoms with Crippen molar-refractivity contribution in [2.75, 3.05) is 7.11 Å². The summed E-state index contributed by atoms with van der Waals surface area (Å²) < 4.78 is 18.3. The van der Waals surface area contributed by atoms with Crippen molar-refractivity contribution in [2.24, 2.45) is 0 Å². The summed E-state index contributed by atoms with van der Waals surface area (Å²) in [6, 6.07) is 6.01. The van der Waals surface area contributed by atoms with Crippen LogP contribution < -0.4 is 5.32 Å². The van der Waals surface area contributed by atoms with Gasteiger partial charge in [-0.25, -0.2) is 4.39 Å². The molecule has 1 aromatic carbocycles. The minimum Gasteiger partial charge on any atom is -0.372 e. The van der Waals surface area contributed by atoms with Gasteiger partial charge in [0, 0.05) is 12.7 Å². The van der Waals surface area contributed by atoms with Crippen LogP contribution in [0.1, 0.15) is 25.5 Å². The van der Waals surface area contributed by atoms with Crippen molar-refractivity contribution < 1.29 is 13.9 Å². The fourth-order valence-electron chi connectivity index (χ4n) is 1.34. The third kappa shape index (κ3) is 3.03. The molecular weight excluding hydrogens is 209 g/mol. The minimum atomic E-state index is -0.533. The molecule has 0 fully saturated rings. The van der Waals surface area contributed by atoms with Crippen molar-refractivity contribution in [2.45, 2.75) is 26.0 Å². The second kappa shape index (κ2) is 5.61. The van der Waals surface area contributed by atoms with Gasteiger partial charge < -0.3 is 10.1 Å². The van der Waals surface area contributed by atoms with E-state index in [9.17, 15) is 9.18 Å². The molecule has 0 unspecified atom stereocenters. The maximum absolute atomic E-state index is 13.4. The number of nitrogens with one attached hydrogen (secondary N) is 1. The summed E-state index contributed by atoms with van der Waals surface area (Å²) in [6.07, 6.45) is -0.533. The fraction of sp³-hybridized carbons (Fsp3) is 0.417. The van der Waals surface area contributed by atoms with Gasteiger partial charge in [0.05, 0.1) is 6.04 Å². The third-order valence-corrected chi connectivity index (χ3v) is 2.45. The van der Waals surface area contributed by atoms with Crippen LogP contribution in [-0.4, -0.2) is 19.1 Å². The number of amides is 1. The molecule has 0 aromatic heterocycles. The number of hydrogen-bond acceptors (Lipinski definition) is 2. The van der Waals surface area contributed by atoms with E-state index in [1.165, 1.54) is 13.2 Å². The maximum atomic E-state index is 13.4. The van der Waals surface area contributed by atoms with Crippen LogP contribution in [0, 0.1) is 5.82 Å². The zero-order valence-corrected chi connectivity index (χ0v) is 9.66. The van der Waals surface area contributed by atoms with Crippen LogP contribution in [0.5, 0.6) is 0 Å². The highest BCUT2D eigenvalue weighted by atomic mass is 19.1. The van der Waals surface area contributed by atoms with Gasteiger partial charge >= 0.3 is 0 Å². The van der Waals surface area contributed by atoms with Crippen LogP contribution in [0.2, 0.25) is 0 Å². The summed E-state index contributed by atoms with van der Waals surface area (Å²) >= 11 is 0. The zero-order chi connectivity index (χ0) is 12.1. The summed E-state index contributed by atoms with van der Waals surface area (Å²) in [7, 11) is 1.46. The van der Waals surface area contributed by atoms with Gasteiger partial charge in [0.1, 0.15) is 11.9 Å². The predicted molar refractivity (Wildman–Crippen MR) is 59.4 cm³/mol. The first-order valence-electron chi connectivity index (χ1n) is 5.14. The lowest BCUT2D eigenvalue weighted by Gasteiger charge is -2.17. The molecule has 0 spiro atoms. The van der Waals surface area contributed by atoms with Crippen molar-refractivity contribution in [3.05, 3.63) is 35.6 Å². The van der Waals surface area contributed by atoms with Gasteiger partial charge in [-0.15, -0.1) is 0 Å². The van der Waals surface area contributed by atoms with E-state index in [-0.39, 0.29) is 17.8 Å². The van der Waals surface area contributed by atoms with E-state index in [1.54, 1.807) is 32.0 Å².